The average molecular weight is 421 g/mol. The molecule has 0 radical (unpaired) electrons. The first-order valence-electron chi connectivity index (χ1n) is 9.28. The number of nitrogens with zero attached hydrogens (tertiary/aromatic N) is 1. The molecule has 0 aliphatic heterocycles. The molecule has 2 aromatic rings. The quantitative estimate of drug-likeness (QED) is 0.639. The van der Waals surface area contributed by atoms with Crippen LogP contribution in [-0.2, 0) is 27.9 Å². The van der Waals surface area contributed by atoms with Gasteiger partial charge in [0.2, 0.25) is 15.9 Å². The zero-order valence-corrected chi connectivity index (χ0v) is 18.0. The van der Waals surface area contributed by atoms with Crippen LogP contribution in [0.15, 0.2) is 48.5 Å². The lowest BCUT2D eigenvalue weighted by atomic mass is 10.2. The molecule has 2 aromatic carbocycles. The Morgan fingerprint density at radius 1 is 1.07 bits per heavy atom. The molecular weight excluding hydrogens is 392 g/mol. The number of hydrogen-bond donors (Lipinski definition) is 1. The lowest BCUT2D eigenvalue weighted by Crippen LogP contribution is -2.39. The van der Waals surface area contributed by atoms with Crippen LogP contribution >= 0.6 is 0 Å². The Hall–Kier alpha value is -2.58. The number of nitrogens with one attached hydrogen (secondary N) is 1. The number of rotatable bonds is 10. The summed E-state index contributed by atoms with van der Waals surface area (Å²) < 4.78 is 36.3. The predicted molar refractivity (Wildman–Crippen MR) is 112 cm³/mol. The highest BCUT2D eigenvalue weighted by Gasteiger charge is 2.20. The van der Waals surface area contributed by atoms with Crippen molar-refractivity contribution in [1.82, 2.24) is 9.62 Å². The van der Waals surface area contributed by atoms with Gasteiger partial charge in [-0.15, -0.1) is 0 Å². The van der Waals surface area contributed by atoms with Crippen LogP contribution in [0.5, 0.6) is 11.5 Å². The second-order valence-corrected chi connectivity index (χ2v) is 8.93. The molecule has 0 heterocycles. The molecule has 0 aromatic heterocycles. The minimum absolute atomic E-state index is 0.0149. The van der Waals surface area contributed by atoms with E-state index in [0.717, 1.165) is 21.7 Å². The average Bonchev–Trinajstić information content (AvgIpc) is 2.66. The maximum Gasteiger partial charge on any atom is 0.235 e. The summed E-state index contributed by atoms with van der Waals surface area (Å²) in [5.41, 5.74) is 1.64. The number of carbonyl (C=O) groups excluding carboxylic acids is 1. The molecule has 0 saturated carbocycles. The molecule has 1 N–H and O–H groups in total. The molecule has 29 heavy (non-hydrogen) atoms. The fourth-order valence-electron chi connectivity index (χ4n) is 2.67. The first-order chi connectivity index (χ1) is 13.7. The number of benzene rings is 2. The Labute approximate surface area is 172 Å². The van der Waals surface area contributed by atoms with Gasteiger partial charge >= 0.3 is 0 Å². The molecule has 0 bridgehead atoms. The third-order valence-electron chi connectivity index (χ3n) is 4.07. The largest absolute Gasteiger partial charge is 0.493 e. The van der Waals surface area contributed by atoms with Gasteiger partial charge in [-0.3, -0.25) is 4.79 Å². The van der Waals surface area contributed by atoms with Gasteiger partial charge in [-0.05, 0) is 37.1 Å². The first kappa shape index (κ1) is 22.7. The van der Waals surface area contributed by atoms with E-state index in [1.165, 1.54) is 0 Å². The molecule has 0 spiro atoms. The maximum atomic E-state index is 12.4. The van der Waals surface area contributed by atoms with E-state index in [4.69, 9.17) is 9.47 Å². The molecule has 0 saturated heterocycles. The standard InChI is InChI=1S/C21H28N2O5S/c1-16(2)28-19-11-10-18(12-20(19)27-3)13-22-21(24)15-23(29(4,25)26)14-17-8-6-5-7-9-17/h5-12,16H,13-15H2,1-4H3,(H,22,24). The van der Waals surface area contributed by atoms with Crippen LogP contribution in [0.2, 0.25) is 0 Å². The Kier molecular flexibility index (Phi) is 8.04. The van der Waals surface area contributed by atoms with Crippen LogP contribution in [0, 0.1) is 0 Å². The second-order valence-electron chi connectivity index (χ2n) is 6.95. The smallest absolute Gasteiger partial charge is 0.235 e. The minimum atomic E-state index is -3.53. The number of sulfonamides is 1. The molecule has 2 rings (SSSR count). The number of methoxy groups -OCH3 is 1. The summed E-state index contributed by atoms with van der Waals surface area (Å²) in [6.45, 7) is 3.99. The van der Waals surface area contributed by atoms with Gasteiger partial charge in [0.05, 0.1) is 26.0 Å². The van der Waals surface area contributed by atoms with Gasteiger partial charge in [-0.2, -0.15) is 4.31 Å². The van der Waals surface area contributed by atoms with E-state index in [9.17, 15) is 13.2 Å². The van der Waals surface area contributed by atoms with E-state index in [0.29, 0.717) is 11.5 Å². The number of amides is 1. The zero-order valence-electron chi connectivity index (χ0n) is 17.2. The topological polar surface area (TPSA) is 84.9 Å². The van der Waals surface area contributed by atoms with Crippen molar-refractivity contribution < 1.29 is 22.7 Å². The van der Waals surface area contributed by atoms with Crippen molar-refractivity contribution in [3.63, 3.8) is 0 Å². The Bertz CT molecular complexity index is 914. The van der Waals surface area contributed by atoms with Crippen LogP contribution in [0.1, 0.15) is 25.0 Å². The minimum Gasteiger partial charge on any atom is -0.493 e. The number of hydrogen-bond acceptors (Lipinski definition) is 5. The summed E-state index contributed by atoms with van der Waals surface area (Å²) in [4.78, 5) is 12.4. The van der Waals surface area contributed by atoms with Crippen molar-refractivity contribution in [3.8, 4) is 11.5 Å². The molecule has 0 fully saturated rings. The molecule has 7 nitrogen and oxygen atoms in total. The molecule has 0 aliphatic carbocycles. The van der Waals surface area contributed by atoms with Crippen LogP contribution in [-0.4, -0.2) is 44.6 Å². The van der Waals surface area contributed by atoms with Crippen LogP contribution < -0.4 is 14.8 Å². The Balaban J connectivity index is 2.00. The third kappa shape index (κ3) is 7.40. The molecule has 158 valence electrons. The third-order valence-corrected chi connectivity index (χ3v) is 5.27. The fraction of sp³-hybridized carbons (Fsp3) is 0.381. The molecule has 0 atom stereocenters. The van der Waals surface area contributed by atoms with Crippen molar-refractivity contribution in [2.75, 3.05) is 19.9 Å². The lowest BCUT2D eigenvalue weighted by molar-refractivity contribution is -0.121. The van der Waals surface area contributed by atoms with Gasteiger partial charge in [-0.25, -0.2) is 8.42 Å². The summed E-state index contributed by atoms with van der Waals surface area (Å²) in [5, 5.41) is 2.76. The molecule has 8 heteroatoms. The van der Waals surface area contributed by atoms with Gasteiger partial charge in [0.25, 0.3) is 0 Å². The number of ether oxygens (including phenoxy) is 2. The van der Waals surface area contributed by atoms with E-state index < -0.39 is 10.0 Å². The van der Waals surface area contributed by atoms with Crippen LogP contribution in [0.3, 0.4) is 0 Å². The molecule has 0 unspecified atom stereocenters. The summed E-state index contributed by atoms with van der Waals surface area (Å²) in [7, 11) is -1.98. The number of carbonyl (C=O) groups is 1. The van der Waals surface area contributed by atoms with Gasteiger partial charge < -0.3 is 14.8 Å². The summed E-state index contributed by atoms with van der Waals surface area (Å²) in [6.07, 6.45) is 1.11. The fourth-order valence-corrected chi connectivity index (χ4v) is 3.40. The van der Waals surface area contributed by atoms with Crippen molar-refractivity contribution in [2.24, 2.45) is 0 Å². The Morgan fingerprint density at radius 3 is 2.34 bits per heavy atom. The zero-order chi connectivity index (χ0) is 21.4. The molecule has 1 amide bonds. The Morgan fingerprint density at radius 2 is 1.76 bits per heavy atom. The van der Waals surface area contributed by atoms with E-state index in [2.05, 4.69) is 5.32 Å². The maximum absolute atomic E-state index is 12.4. The van der Waals surface area contributed by atoms with E-state index in [1.54, 1.807) is 19.2 Å². The summed E-state index contributed by atoms with van der Waals surface area (Å²) in [6, 6.07) is 14.6. The van der Waals surface area contributed by atoms with Gasteiger partial charge in [0, 0.05) is 13.1 Å². The van der Waals surface area contributed by atoms with Gasteiger partial charge in [0.1, 0.15) is 0 Å². The van der Waals surface area contributed by atoms with Gasteiger partial charge in [0.15, 0.2) is 11.5 Å². The summed E-state index contributed by atoms with van der Waals surface area (Å²) in [5.74, 6) is 0.823. The normalized spacial score (nSPS) is 11.5. The molecular formula is C21H28N2O5S. The second kappa shape index (κ2) is 10.3. The summed E-state index contributed by atoms with van der Waals surface area (Å²) >= 11 is 0. The van der Waals surface area contributed by atoms with E-state index in [1.807, 2.05) is 50.2 Å². The van der Waals surface area contributed by atoms with Crippen molar-refractivity contribution >= 4 is 15.9 Å². The SMILES string of the molecule is COc1cc(CNC(=O)CN(Cc2ccccc2)S(C)(=O)=O)ccc1OC(C)C. The highest BCUT2D eigenvalue weighted by molar-refractivity contribution is 7.88. The highest BCUT2D eigenvalue weighted by Crippen LogP contribution is 2.28. The van der Waals surface area contributed by atoms with Crippen molar-refractivity contribution in [2.45, 2.75) is 33.0 Å². The first-order valence-corrected chi connectivity index (χ1v) is 11.1. The van der Waals surface area contributed by atoms with Crippen LogP contribution in [0.25, 0.3) is 0 Å². The predicted octanol–water partition coefficient (Wildman–Crippen LogP) is 2.56. The lowest BCUT2D eigenvalue weighted by Gasteiger charge is -2.20. The van der Waals surface area contributed by atoms with Crippen molar-refractivity contribution in [3.05, 3.63) is 59.7 Å². The monoisotopic (exact) mass is 420 g/mol. The van der Waals surface area contributed by atoms with Crippen LogP contribution in [0.4, 0.5) is 0 Å². The van der Waals surface area contributed by atoms with Gasteiger partial charge in [-0.1, -0.05) is 36.4 Å². The van der Waals surface area contributed by atoms with E-state index in [-0.39, 0.29) is 31.6 Å². The van der Waals surface area contributed by atoms with Crippen molar-refractivity contribution in [1.29, 1.82) is 0 Å². The highest BCUT2D eigenvalue weighted by atomic mass is 32.2. The van der Waals surface area contributed by atoms with E-state index >= 15 is 0 Å². The molecule has 0 aliphatic rings.